The molecule has 1 spiro atoms. The van der Waals surface area contributed by atoms with Crippen LogP contribution in [0.1, 0.15) is 59.6 Å². The van der Waals surface area contributed by atoms with Gasteiger partial charge in [-0.3, -0.25) is 4.98 Å². The number of terminal acetylenes is 1. The lowest BCUT2D eigenvalue weighted by Crippen LogP contribution is -2.26. The second kappa shape index (κ2) is 13.7. The molecule has 1 atom stereocenters. The zero-order valence-corrected chi connectivity index (χ0v) is 29.6. The van der Waals surface area contributed by atoms with Crippen LogP contribution in [0, 0.1) is 50.1 Å². The van der Waals surface area contributed by atoms with E-state index in [1.807, 2.05) is 18.3 Å². The van der Waals surface area contributed by atoms with Crippen molar-refractivity contribution in [3.8, 4) is 92.3 Å². The number of hydrogen-bond acceptors (Lipinski definition) is 3. The van der Waals surface area contributed by atoms with Crippen LogP contribution >= 0.6 is 0 Å². The van der Waals surface area contributed by atoms with Gasteiger partial charge in [0.2, 0.25) is 0 Å². The van der Waals surface area contributed by atoms with Crippen molar-refractivity contribution in [1.29, 1.82) is 0 Å². The summed E-state index contributed by atoms with van der Waals surface area (Å²) >= 11 is 0. The van der Waals surface area contributed by atoms with Crippen LogP contribution in [-0.4, -0.2) is 11.6 Å². The quantitative estimate of drug-likeness (QED) is 0.119. The fourth-order valence-corrected chi connectivity index (χ4v) is 7.92. The van der Waals surface area contributed by atoms with Crippen molar-refractivity contribution in [3.63, 3.8) is 0 Å². The van der Waals surface area contributed by atoms with E-state index in [2.05, 4.69) is 153 Å². The summed E-state index contributed by atoms with van der Waals surface area (Å²) in [5.41, 5.74) is 16.1. The number of rotatable bonds is 8. The number of aromatic nitrogens is 1. The van der Waals surface area contributed by atoms with Crippen molar-refractivity contribution in [2.75, 3.05) is 6.61 Å². The normalized spacial score (nSPS) is 14.1. The van der Waals surface area contributed by atoms with Crippen LogP contribution in [-0.2, 0) is 5.41 Å². The molecule has 2 aliphatic carbocycles. The zero-order chi connectivity index (χ0) is 35.7. The van der Waals surface area contributed by atoms with E-state index in [1.165, 1.54) is 50.1 Å². The highest BCUT2D eigenvalue weighted by Gasteiger charge is 2.52. The molecule has 0 amide bonds. The molecule has 3 heteroatoms. The fraction of sp³-hybridized carbons (Fsp3) is 0.163. The summed E-state index contributed by atoms with van der Waals surface area (Å²) in [5, 5.41) is 0. The Labute approximate surface area is 306 Å². The van der Waals surface area contributed by atoms with E-state index in [4.69, 9.17) is 15.9 Å². The van der Waals surface area contributed by atoms with Gasteiger partial charge in [-0.15, -0.1) is 6.42 Å². The molecule has 3 nitrogen and oxygen atoms in total. The third-order valence-corrected chi connectivity index (χ3v) is 10.4. The SMILES string of the molecule is C#CC#CC#COc1cc2c(cc1OCCCCC)C1(c3ccccc3-c3cc(-c4cccc(-c5ccccn5)c4)ccc31)c1cc(C)c(C)cc1-2. The first-order chi connectivity index (χ1) is 25.5. The third-order valence-electron chi connectivity index (χ3n) is 10.4. The maximum Gasteiger partial charge on any atom is 0.182 e. The second-order valence-corrected chi connectivity index (χ2v) is 13.5. The number of unbranched alkanes of at least 4 members (excludes halogenated alkanes) is 2. The Morgan fingerprint density at radius 2 is 1.37 bits per heavy atom. The van der Waals surface area contributed by atoms with E-state index < -0.39 is 5.41 Å². The molecule has 0 saturated carbocycles. The topological polar surface area (TPSA) is 31.4 Å². The standard InChI is InChI=1S/C49H37NO2/c1-5-7-9-15-26-51-47-31-41-39-27-33(3)34(4)28-44(39)49(45(41)32-48(47)52-25-14-8-6-2)42-20-11-10-19-38(42)40-30-36(22-23-43(40)49)35-17-16-18-37(29-35)46-21-12-13-24-50-46/h1,10-13,16-24,27-32H,6,8,14,25H2,2-4H3. The maximum absolute atomic E-state index is 6.53. The molecule has 2 aliphatic rings. The summed E-state index contributed by atoms with van der Waals surface area (Å²) in [6.45, 7) is 7.16. The Morgan fingerprint density at radius 3 is 2.21 bits per heavy atom. The van der Waals surface area contributed by atoms with Crippen molar-refractivity contribution in [2.24, 2.45) is 0 Å². The van der Waals surface area contributed by atoms with Crippen LogP contribution in [0.5, 0.6) is 11.5 Å². The highest BCUT2D eigenvalue weighted by Crippen LogP contribution is 2.64. The van der Waals surface area contributed by atoms with E-state index in [9.17, 15) is 0 Å². The van der Waals surface area contributed by atoms with Gasteiger partial charge in [-0.25, -0.2) is 0 Å². The average Bonchev–Trinajstić information content (AvgIpc) is 3.62. The number of benzene rings is 5. The van der Waals surface area contributed by atoms with E-state index in [-0.39, 0.29) is 0 Å². The Bertz CT molecular complexity index is 2530. The van der Waals surface area contributed by atoms with Gasteiger partial charge in [-0.05, 0) is 135 Å². The van der Waals surface area contributed by atoms with Crippen LogP contribution in [0.3, 0.4) is 0 Å². The van der Waals surface area contributed by atoms with Gasteiger partial charge >= 0.3 is 0 Å². The lowest BCUT2D eigenvalue weighted by atomic mass is 9.70. The van der Waals surface area contributed by atoms with Crippen LogP contribution in [0.25, 0.3) is 44.6 Å². The first-order valence-corrected chi connectivity index (χ1v) is 17.9. The smallest absolute Gasteiger partial charge is 0.182 e. The van der Waals surface area contributed by atoms with Crippen molar-refractivity contribution >= 4 is 0 Å². The molecule has 8 rings (SSSR count). The average molecular weight is 672 g/mol. The maximum atomic E-state index is 6.53. The van der Waals surface area contributed by atoms with Crippen LogP contribution in [0.15, 0.2) is 115 Å². The first-order valence-electron chi connectivity index (χ1n) is 17.9. The van der Waals surface area contributed by atoms with E-state index in [1.54, 1.807) is 0 Å². The molecular formula is C49H37NO2. The highest BCUT2D eigenvalue weighted by atomic mass is 16.5. The molecule has 0 bridgehead atoms. The summed E-state index contributed by atoms with van der Waals surface area (Å²) in [6.07, 6.45) is 13.0. The molecule has 1 aromatic heterocycles. The minimum atomic E-state index is -0.548. The van der Waals surface area contributed by atoms with Gasteiger partial charge in [-0.2, -0.15) is 0 Å². The van der Waals surface area contributed by atoms with Crippen LogP contribution < -0.4 is 9.47 Å². The van der Waals surface area contributed by atoms with E-state index in [0.717, 1.165) is 47.2 Å². The molecule has 0 N–H and O–H groups in total. The molecule has 0 radical (unpaired) electrons. The lowest BCUT2D eigenvalue weighted by Gasteiger charge is -2.31. The van der Waals surface area contributed by atoms with Crippen LogP contribution in [0.2, 0.25) is 0 Å². The molecule has 6 aromatic rings. The molecular weight excluding hydrogens is 635 g/mol. The van der Waals surface area contributed by atoms with E-state index >= 15 is 0 Å². The number of aryl methyl sites for hydroxylation is 2. The number of ether oxygens (including phenoxy) is 2. The molecule has 52 heavy (non-hydrogen) atoms. The van der Waals surface area contributed by atoms with Gasteiger partial charge in [0.25, 0.3) is 0 Å². The van der Waals surface area contributed by atoms with Gasteiger partial charge < -0.3 is 9.47 Å². The van der Waals surface area contributed by atoms with Crippen molar-refractivity contribution < 1.29 is 9.47 Å². The predicted molar refractivity (Wildman–Crippen MR) is 211 cm³/mol. The van der Waals surface area contributed by atoms with Crippen LogP contribution in [0.4, 0.5) is 0 Å². The molecule has 0 aliphatic heterocycles. The minimum absolute atomic E-state index is 0.548. The minimum Gasteiger partial charge on any atom is -0.490 e. The van der Waals surface area contributed by atoms with Gasteiger partial charge in [0.1, 0.15) is 6.11 Å². The van der Waals surface area contributed by atoms with Gasteiger partial charge in [-0.1, -0.05) is 92.6 Å². The second-order valence-electron chi connectivity index (χ2n) is 13.5. The van der Waals surface area contributed by atoms with Gasteiger partial charge in [0.05, 0.1) is 17.7 Å². The fourth-order valence-electron chi connectivity index (χ4n) is 7.92. The summed E-state index contributed by atoms with van der Waals surface area (Å²) < 4.78 is 12.6. The monoisotopic (exact) mass is 671 g/mol. The first kappa shape index (κ1) is 32.7. The molecule has 1 unspecified atom stereocenters. The molecule has 0 fully saturated rings. The molecule has 250 valence electrons. The Kier molecular flexibility index (Phi) is 8.61. The molecule has 5 aromatic carbocycles. The Morgan fingerprint density at radius 1 is 0.615 bits per heavy atom. The Balaban J connectivity index is 1.35. The zero-order valence-electron chi connectivity index (χ0n) is 29.6. The van der Waals surface area contributed by atoms with Crippen molar-refractivity contribution in [3.05, 3.63) is 149 Å². The van der Waals surface area contributed by atoms with E-state index in [0.29, 0.717) is 18.1 Å². The summed E-state index contributed by atoms with van der Waals surface area (Å²) in [6, 6.07) is 39.6. The van der Waals surface area contributed by atoms with Gasteiger partial charge in [0, 0.05) is 23.6 Å². The predicted octanol–water partition coefficient (Wildman–Crippen LogP) is 10.9. The highest BCUT2D eigenvalue weighted by molar-refractivity contribution is 5.97. The number of pyridine rings is 1. The third kappa shape index (κ3) is 5.42. The lowest BCUT2D eigenvalue weighted by molar-refractivity contribution is 0.294. The molecule has 1 heterocycles. The largest absolute Gasteiger partial charge is 0.490 e. The summed E-state index contributed by atoms with van der Waals surface area (Å²) in [7, 11) is 0. The number of fused-ring (bicyclic) bond motifs is 10. The summed E-state index contributed by atoms with van der Waals surface area (Å²) in [4.78, 5) is 4.61. The summed E-state index contributed by atoms with van der Waals surface area (Å²) in [5.74, 6) is 11.4. The van der Waals surface area contributed by atoms with Crippen molar-refractivity contribution in [1.82, 2.24) is 4.98 Å². The number of hydrogen-bond donors (Lipinski definition) is 0. The van der Waals surface area contributed by atoms with Gasteiger partial charge in [0.15, 0.2) is 11.5 Å². The van der Waals surface area contributed by atoms with Crippen molar-refractivity contribution in [2.45, 2.75) is 45.4 Å². The Hall–Kier alpha value is -6.47. The molecule has 0 saturated heterocycles. The number of nitrogens with zero attached hydrogens (tertiary/aromatic N) is 1.